The van der Waals surface area contributed by atoms with Gasteiger partial charge in [0.2, 0.25) is 17.7 Å². The van der Waals surface area contributed by atoms with E-state index in [1.54, 1.807) is 12.1 Å². The molecular formula is C26H29F3N4O3. The molecule has 2 aromatic carbocycles. The van der Waals surface area contributed by atoms with Crippen LogP contribution in [0.15, 0.2) is 41.5 Å². The molecule has 0 unspecified atom stereocenters. The van der Waals surface area contributed by atoms with Crippen LogP contribution in [0.1, 0.15) is 61.3 Å². The van der Waals surface area contributed by atoms with Gasteiger partial charge in [0, 0.05) is 23.9 Å². The van der Waals surface area contributed by atoms with Crippen molar-refractivity contribution in [3.63, 3.8) is 0 Å². The Morgan fingerprint density at radius 2 is 1.72 bits per heavy atom. The summed E-state index contributed by atoms with van der Waals surface area (Å²) in [7, 11) is 0. The molecule has 0 radical (unpaired) electrons. The fourth-order valence-corrected chi connectivity index (χ4v) is 4.08. The zero-order chi connectivity index (χ0) is 26.6. The van der Waals surface area contributed by atoms with Crippen LogP contribution in [0.2, 0.25) is 0 Å². The molecule has 0 saturated carbocycles. The number of alkyl halides is 3. The molecule has 192 valence electrons. The van der Waals surface area contributed by atoms with Crippen LogP contribution in [-0.4, -0.2) is 27.2 Å². The van der Waals surface area contributed by atoms with Crippen LogP contribution in [0.25, 0.3) is 16.6 Å². The lowest BCUT2D eigenvalue weighted by atomic mass is 10.0. The number of unbranched alkanes of at least 4 members (excludes halogenated alkanes) is 1. The average molecular weight is 503 g/mol. The Morgan fingerprint density at radius 3 is 2.31 bits per heavy atom. The van der Waals surface area contributed by atoms with Gasteiger partial charge in [-0.1, -0.05) is 25.5 Å². The minimum atomic E-state index is -4.57. The number of rotatable bonds is 9. The lowest BCUT2D eigenvalue weighted by molar-refractivity contribution is -0.137. The quantitative estimate of drug-likeness (QED) is 0.275. The van der Waals surface area contributed by atoms with Gasteiger partial charge in [0.25, 0.3) is 0 Å². The molecular weight excluding hydrogens is 473 g/mol. The van der Waals surface area contributed by atoms with Gasteiger partial charge in [0.05, 0.1) is 22.4 Å². The predicted octanol–water partition coefficient (Wildman–Crippen LogP) is 5.25. The number of halogens is 3. The molecule has 3 rings (SSSR count). The van der Waals surface area contributed by atoms with Crippen molar-refractivity contribution in [3.8, 4) is 11.6 Å². The molecule has 7 nitrogen and oxygen atoms in total. The molecule has 2 amide bonds. The zero-order valence-electron chi connectivity index (χ0n) is 20.4. The maximum atomic E-state index is 13.6. The molecule has 4 N–H and O–H groups in total. The summed E-state index contributed by atoms with van der Waals surface area (Å²) in [5.74, 6) is -1.45. The van der Waals surface area contributed by atoms with E-state index in [1.165, 1.54) is 10.6 Å². The van der Waals surface area contributed by atoms with Crippen molar-refractivity contribution < 1.29 is 27.9 Å². The van der Waals surface area contributed by atoms with E-state index in [-0.39, 0.29) is 29.8 Å². The highest BCUT2D eigenvalue weighted by Gasteiger charge is 2.32. The van der Waals surface area contributed by atoms with Gasteiger partial charge in [-0.15, -0.1) is 0 Å². The average Bonchev–Trinajstić information content (AvgIpc) is 3.07. The Labute approximate surface area is 206 Å². The first kappa shape index (κ1) is 26.8. The maximum absolute atomic E-state index is 13.6. The molecule has 36 heavy (non-hydrogen) atoms. The Kier molecular flexibility index (Phi) is 8.07. The number of aryl methyl sites for hydroxylation is 2. The van der Waals surface area contributed by atoms with Gasteiger partial charge < -0.3 is 10.8 Å². The number of fused-ring (bicyclic) bond motifs is 1. The second-order valence-electron chi connectivity index (χ2n) is 8.77. The highest BCUT2D eigenvalue weighted by molar-refractivity contribution is 6.14. The smallest absolute Gasteiger partial charge is 0.416 e. The lowest BCUT2D eigenvalue weighted by Crippen LogP contribution is -2.22. The monoisotopic (exact) mass is 502 g/mol. The normalized spacial score (nSPS) is 12.2. The van der Waals surface area contributed by atoms with E-state index < -0.39 is 23.6 Å². The summed E-state index contributed by atoms with van der Waals surface area (Å²) in [6, 6.07) is 8.72. The Hall–Kier alpha value is -3.82. The van der Waals surface area contributed by atoms with Crippen molar-refractivity contribution in [1.82, 2.24) is 9.99 Å². The van der Waals surface area contributed by atoms with Crippen LogP contribution in [0, 0.1) is 13.8 Å². The molecule has 0 bridgehead atoms. The van der Waals surface area contributed by atoms with Gasteiger partial charge in [0.15, 0.2) is 0 Å². The van der Waals surface area contributed by atoms with Gasteiger partial charge in [-0.3, -0.25) is 14.2 Å². The van der Waals surface area contributed by atoms with E-state index in [9.17, 15) is 27.9 Å². The van der Waals surface area contributed by atoms with Gasteiger partial charge in [-0.05, 0) is 62.1 Å². The first-order chi connectivity index (χ1) is 16.9. The molecule has 0 atom stereocenters. The Bertz CT molecular complexity index is 1310. The number of hydrazone groups is 1. The van der Waals surface area contributed by atoms with Gasteiger partial charge >= 0.3 is 6.18 Å². The SMILES string of the molecule is CCCCC(=NNC(=O)CCC(N)=O)c1c(O)n(-c2cc(C)cc(C)c2)c2cc(C(F)(F)F)ccc12. The number of carbonyl (C=O) groups excluding carboxylic acids is 2. The number of primary amides is 1. The zero-order valence-corrected chi connectivity index (χ0v) is 20.4. The van der Waals surface area contributed by atoms with E-state index in [4.69, 9.17) is 5.73 Å². The van der Waals surface area contributed by atoms with Crippen molar-refractivity contribution in [1.29, 1.82) is 0 Å². The van der Waals surface area contributed by atoms with Crippen molar-refractivity contribution in [3.05, 3.63) is 58.7 Å². The maximum Gasteiger partial charge on any atom is 0.416 e. The van der Waals surface area contributed by atoms with Crippen molar-refractivity contribution in [2.24, 2.45) is 10.8 Å². The number of benzene rings is 2. The number of hydrogen-bond acceptors (Lipinski definition) is 4. The minimum absolute atomic E-state index is 0.150. The first-order valence-electron chi connectivity index (χ1n) is 11.6. The van der Waals surface area contributed by atoms with Crippen LogP contribution in [0.3, 0.4) is 0 Å². The second-order valence-corrected chi connectivity index (χ2v) is 8.77. The van der Waals surface area contributed by atoms with Crippen LogP contribution in [-0.2, 0) is 15.8 Å². The summed E-state index contributed by atoms with van der Waals surface area (Å²) < 4.78 is 42.1. The largest absolute Gasteiger partial charge is 0.494 e. The number of carbonyl (C=O) groups is 2. The molecule has 0 spiro atoms. The molecule has 0 aliphatic rings. The van der Waals surface area contributed by atoms with E-state index in [1.807, 2.05) is 26.8 Å². The molecule has 0 aliphatic heterocycles. The molecule has 0 saturated heterocycles. The summed E-state index contributed by atoms with van der Waals surface area (Å²) in [4.78, 5) is 23.1. The van der Waals surface area contributed by atoms with Gasteiger partial charge in [-0.25, -0.2) is 5.43 Å². The van der Waals surface area contributed by atoms with Crippen LogP contribution in [0.4, 0.5) is 13.2 Å². The fourth-order valence-electron chi connectivity index (χ4n) is 4.08. The highest BCUT2D eigenvalue weighted by Crippen LogP contribution is 2.39. The number of hydrogen-bond donors (Lipinski definition) is 3. The summed E-state index contributed by atoms with van der Waals surface area (Å²) >= 11 is 0. The molecule has 10 heteroatoms. The standard InChI is InChI=1S/C26H29F3N4O3/c1-4-5-6-20(31-32-23(35)10-9-22(30)34)24-19-8-7-17(26(27,28)29)14-21(19)33(25(24)36)18-12-15(2)11-16(3)13-18/h7-8,11-14,36H,4-6,9-10H2,1-3H3,(H2,30,34)(H,32,35). The lowest BCUT2D eigenvalue weighted by Gasteiger charge is -2.11. The topological polar surface area (TPSA) is 110 Å². The Morgan fingerprint density at radius 1 is 1.06 bits per heavy atom. The number of aromatic nitrogens is 1. The third-order valence-electron chi connectivity index (χ3n) is 5.71. The number of nitrogens with one attached hydrogen (secondary N) is 1. The number of nitrogens with two attached hydrogens (primary N) is 1. The van der Waals surface area contributed by atoms with E-state index in [0.29, 0.717) is 29.6 Å². The van der Waals surface area contributed by atoms with Gasteiger partial charge in [0.1, 0.15) is 0 Å². The van der Waals surface area contributed by atoms with Crippen molar-refractivity contribution >= 4 is 28.4 Å². The van der Waals surface area contributed by atoms with Crippen LogP contribution >= 0.6 is 0 Å². The molecule has 3 aromatic rings. The second kappa shape index (κ2) is 10.8. The number of amides is 2. The number of nitrogens with zero attached hydrogens (tertiary/aromatic N) is 2. The summed E-state index contributed by atoms with van der Waals surface area (Å²) in [5, 5.41) is 15.9. The highest BCUT2D eigenvalue weighted by atomic mass is 19.4. The van der Waals surface area contributed by atoms with E-state index in [0.717, 1.165) is 29.7 Å². The third-order valence-corrected chi connectivity index (χ3v) is 5.71. The van der Waals surface area contributed by atoms with E-state index in [2.05, 4.69) is 10.5 Å². The summed E-state index contributed by atoms with van der Waals surface area (Å²) in [6.45, 7) is 5.67. The van der Waals surface area contributed by atoms with E-state index >= 15 is 0 Å². The number of aromatic hydroxyl groups is 1. The van der Waals surface area contributed by atoms with Crippen molar-refractivity contribution in [2.45, 2.75) is 59.1 Å². The fraction of sp³-hybridized carbons (Fsp3) is 0.346. The van der Waals surface area contributed by atoms with Crippen molar-refractivity contribution in [2.75, 3.05) is 0 Å². The minimum Gasteiger partial charge on any atom is -0.494 e. The van der Waals surface area contributed by atoms with Crippen LogP contribution < -0.4 is 11.2 Å². The third kappa shape index (κ3) is 6.05. The van der Waals surface area contributed by atoms with Crippen LogP contribution in [0.5, 0.6) is 5.88 Å². The van der Waals surface area contributed by atoms with Gasteiger partial charge in [-0.2, -0.15) is 18.3 Å². The summed E-state index contributed by atoms with van der Waals surface area (Å²) in [5.41, 5.74) is 9.58. The first-order valence-corrected chi connectivity index (χ1v) is 11.6. The molecule has 1 aromatic heterocycles. The molecule has 1 heterocycles. The molecule has 0 aliphatic carbocycles. The predicted molar refractivity (Wildman–Crippen MR) is 132 cm³/mol. The summed E-state index contributed by atoms with van der Waals surface area (Å²) in [6.07, 6.45) is -3.09. The Balaban J connectivity index is 2.24. The molecule has 0 fully saturated rings.